The Morgan fingerprint density at radius 1 is 1.09 bits per heavy atom. The highest BCUT2D eigenvalue weighted by molar-refractivity contribution is 5.98. The number of hydrogen-bond acceptors (Lipinski definition) is 7. The molecule has 1 saturated heterocycles. The first-order chi connectivity index (χ1) is 20.2. The highest BCUT2D eigenvalue weighted by Gasteiger charge is 2.60. The molecule has 4 rings (SSSR count). The molecule has 2 amide bonds. The second-order valence-corrected chi connectivity index (χ2v) is 9.62. The van der Waals surface area contributed by atoms with E-state index in [-0.39, 0.29) is 5.56 Å². The van der Waals surface area contributed by atoms with Crippen LogP contribution in [0.3, 0.4) is 0 Å². The molecular formula is C24H20F10N6O4. The number of hydrogen-bond donors (Lipinski definition) is 3. The van der Waals surface area contributed by atoms with E-state index in [1.807, 2.05) is 5.32 Å². The van der Waals surface area contributed by atoms with Gasteiger partial charge >= 0.3 is 18.7 Å². The maximum absolute atomic E-state index is 14.8. The highest BCUT2D eigenvalue weighted by atomic mass is 19.4. The molecule has 3 atom stereocenters. The Kier molecular flexibility index (Phi) is 8.12. The van der Waals surface area contributed by atoms with Gasteiger partial charge in [0.05, 0.1) is 29.4 Å². The zero-order valence-corrected chi connectivity index (χ0v) is 22.0. The van der Waals surface area contributed by atoms with Crippen LogP contribution in [0, 0.1) is 0 Å². The van der Waals surface area contributed by atoms with Crippen LogP contribution < -0.4 is 15.8 Å². The first kappa shape index (κ1) is 32.6. The van der Waals surface area contributed by atoms with Gasteiger partial charge in [-0.2, -0.15) is 31.4 Å². The summed E-state index contributed by atoms with van der Waals surface area (Å²) in [5.41, 5.74) is -1.97. The van der Waals surface area contributed by atoms with Crippen molar-refractivity contribution in [2.24, 2.45) is 0 Å². The maximum Gasteiger partial charge on any atom is 0.573 e. The maximum atomic E-state index is 14.8. The van der Waals surface area contributed by atoms with Crippen molar-refractivity contribution in [3.8, 4) is 17.0 Å². The van der Waals surface area contributed by atoms with Crippen molar-refractivity contribution in [3.63, 3.8) is 0 Å². The van der Waals surface area contributed by atoms with E-state index in [0.717, 1.165) is 19.3 Å². The van der Waals surface area contributed by atoms with E-state index in [1.54, 1.807) is 0 Å². The fraction of sp³-hybridized carbons (Fsp3) is 0.417. The summed E-state index contributed by atoms with van der Waals surface area (Å²) in [6, 6.07) is 0.934. The molecule has 3 aromatic rings. The van der Waals surface area contributed by atoms with Gasteiger partial charge in [-0.05, 0) is 30.7 Å². The van der Waals surface area contributed by atoms with Gasteiger partial charge in [0.15, 0.2) is 5.82 Å². The first-order valence-corrected chi connectivity index (χ1v) is 12.3. The predicted octanol–water partition coefficient (Wildman–Crippen LogP) is 3.88. The number of amides is 2. The summed E-state index contributed by atoms with van der Waals surface area (Å²) in [4.78, 5) is 29.4. The molecule has 1 fully saturated rings. The van der Waals surface area contributed by atoms with Crippen molar-refractivity contribution < 1.29 is 63.3 Å². The second-order valence-electron chi connectivity index (χ2n) is 9.62. The minimum atomic E-state index is -5.43. The number of aliphatic hydroxyl groups is 1. The van der Waals surface area contributed by atoms with Gasteiger partial charge in [-0.25, -0.2) is 13.9 Å². The number of nitrogens with zero attached hydrogens (tertiary/aromatic N) is 4. The zero-order chi connectivity index (χ0) is 33.0. The summed E-state index contributed by atoms with van der Waals surface area (Å²) in [7, 11) is 0. The molecule has 20 heteroatoms. The van der Waals surface area contributed by atoms with Gasteiger partial charge in [0, 0.05) is 12.1 Å². The predicted molar refractivity (Wildman–Crippen MR) is 129 cm³/mol. The summed E-state index contributed by atoms with van der Waals surface area (Å²) >= 11 is 0. The van der Waals surface area contributed by atoms with Crippen LogP contribution in [-0.4, -0.2) is 79.9 Å². The third-order valence-corrected chi connectivity index (χ3v) is 6.82. The van der Waals surface area contributed by atoms with Crippen LogP contribution in [0.25, 0.3) is 16.8 Å². The van der Waals surface area contributed by atoms with Crippen LogP contribution in [0.1, 0.15) is 29.3 Å². The van der Waals surface area contributed by atoms with Crippen molar-refractivity contribution in [1.29, 1.82) is 0 Å². The van der Waals surface area contributed by atoms with E-state index in [0.29, 0.717) is 27.6 Å². The number of nitrogens with one attached hydrogen (secondary N) is 1. The van der Waals surface area contributed by atoms with Gasteiger partial charge in [-0.1, -0.05) is 6.92 Å². The number of nitrogens with two attached hydrogens (primary N) is 1. The molecule has 1 aliphatic heterocycles. The fourth-order valence-electron chi connectivity index (χ4n) is 4.62. The lowest BCUT2D eigenvalue weighted by Crippen LogP contribution is -2.57. The molecule has 3 heterocycles. The van der Waals surface area contributed by atoms with Crippen LogP contribution in [-0.2, 0) is 11.0 Å². The molecule has 1 unspecified atom stereocenters. The van der Waals surface area contributed by atoms with E-state index in [4.69, 9.17) is 5.73 Å². The molecule has 0 bridgehead atoms. The number of carbonyl (C=O) groups is 2. The van der Waals surface area contributed by atoms with Crippen LogP contribution in [0.15, 0.2) is 30.6 Å². The molecule has 4 N–H and O–H groups in total. The number of nitrogen functional groups attached to an aromatic ring is 1. The quantitative estimate of drug-likeness (QED) is 0.346. The highest BCUT2D eigenvalue weighted by Crippen LogP contribution is 2.40. The molecule has 10 nitrogen and oxygen atoms in total. The summed E-state index contributed by atoms with van der Waals surface area (Å²) in [6.45, 7) is -1.06. The zero-order valence-electron chi connectivity index (χ0n) is 22.0. The summed E-state index contributed by atoms with van der Waals surface area (Å²) < 4.78 is 140. The Labute approximate surface area is 239 Å². The van der Waals surface area contributed by atoms with Crippen molar-refractivity contribution in [2.45, 2.75) is 49.9 Å². The number of fused-ring (bicyclic) bond motifs is 1. The number of halogens is 10. The standard InChI is InChI=1S/C24H20F10N6O4/c1-2-21(43,23(29,30)31)20(42)39-7-13(25)14(8-39)38-19(41)11-5-10(3-4-16(11)44-24(32,33)34)15-6-12(22(26,27)28)17-18(35)36-9-37-40(15)17/h3-6,9,13-14,43H,2,7-8H2,1H3,(H,38,41)(H2,35,36,37)/t13-,14+,21?/m0/s1. The third-order valence-electron chi connectivity index (χ3n) is 6.82. The lowest BCUT2D eigenvalue weighted by molar-refractivity contribution is -0.274. The van der Waals surface area contributed by atoms with E-state index in [2.05, 4.69) is 14.8 Å². The number of benzene rings is 1. The fourth-order valence-corrected chi connectivity index (χ4v) is 4.62. The summed E-state index contributed by atoms with van der Waals surface area (Å²) in [5.74, 6) is -5.15. The van der Waals surface area contributed by atoms with E-state index >= 15 is 0 Å². The molecule has 0 spiro atoms. The molecular weight excluding hydrogens is 626 g/mol. The number of likely N-dealkylation sites (tertiary alicyclic amines) is 1. The normalized spacial score (nSPS) is 19.2. The second kappa shape index (κ2) is 11.0. The van der Waals surface area contributed by atoms with E-state index in [1.165, 1.54) is 0 Å². The minimum absolute atomic E-state index is 0.297. The summed E-state index contributed by atoms with van der Waals surface area (Å²) in [5, 5.41) is 15.6. The Balaban J connectivity index is 1.71. The Morgan fingerprint density at radius 2 is 1.75 bits per heavy atom. The number of alkyl halides is 10. The molecule has 1 aromatic carbocycles. The number of rotatable bonds is 6. The molecule has 44 heavy (non-hydrogen) atoms. The van der Waals surface area contributed by atoms with Crippen molar-refractivity contribution in [1.82, 2.24) is 24.8 Å². The van der Waals surface area contributed by atoms with Crippen molar-refractivity contribution in [2.75, 3.05) is 18.8 Å². The van der Waals surface area contributed by atoms with Gasteiger partial charge in [-0.15, -0.1) is 13.2 Å². The van der Waals surface area contributed by atoms with Gasteiger partial charge in [0.25, 0.3) is 11.8 Å². The van der Waals surface area contributed by atoms with Gasteiger partial charge in [0.2, 0.25) is 5.60 Å². The smallest absolute Gasteiger partial charge is 0.405 e. The van der Waals surface area contributed by atoms with E-state index in [9.17, 15) is 58.6 Å². The number of carbonyl (C=O) groups excluding carboxylic acids is 2. The summed E-state index contributed by atoms with van der Waals surface area (Å²) in [6.07, 6.45) is -18.3. The molecule has 0 radical (unpaired) electrons. The van der Waals surface area contributed by atoms with Crippen LogP contribution in [0.5, 0.6) is 5.75 Å². The molecule has 0 aliphatic carbocycles. The minimum Gasteiger partial charge on any atom is -0.405 e. The van der Waals surface area contributed by atoms with Crippen molar-refractivity contribution >= 4 is 23.1 Å². The van der Waals surface area contributed by atoms with Gasteiger partial charge in [-0.3, -0.25) is 9.59 Å². The largest absolute Gasteiger partial charge is 0.573 e. The van der Waals surface area contributed by atoms with Crippen LogP contribution >= 0.6 is 0 Å². The van der Waals surface area contributed by atoms with Crippen LogP contribution in [0.2, 0.25) is 0 Å². The Hall–Kier alpha value is -4.36. The molecule has 240 valence electrons. The van der Waals surface area contributed by atoms with Gasteiger partial charge < -0.3 is 25.8 Å². The molecule has 2 aromatic heterocycles. The number of ether oxygens (including phenoxy) is 1. The van der Waals surface area contributed by atoms with Crippen molar-refractivity contribution in [3.05, 3.63) is 41.7 Å². The third kappa shape index (κ3) is 6.02. The average molecular weight is 646 g/mol. The average Bonchev–Trinajstić information content (AvgIpc) is 3.48. The molecule has 1 aliphatic rings. The number of anilines is 1. The monoisotopic (exact) mass is 646 g/mol. The van der Waals surface area contributed by atoms with Gasteiger partial charge in [0.1, 0.15) is 23.8 Å². The van der Waals surface area contributed by atoms with E-state index < -0.39 is 102 Å². The number of aromatic nitrogens is 3. The molecule has 0 saturated carbocycles. The van der Waals surface area contributed by atoms with Crippen LogP contribution in [0.4, 0.5) is 49.7 Å². The lowest BCUT2D eigenvalue weighted by Gasteiger charge is -2.31. The topological polar surface area (TPSA) is 135 Å². The lowest BCUT2D eigenvalue weighted by atomic mass is 9.98. The Bertz CT molecular complexity index is 1590. The Morgan fingerprint density at radius 3 is 2.32 bits per heavy atom. The SMILES string of the molecule is CCC(O)(C(=O)N1C[C@H](F)[C@H](NC(=O)c2cc(-c3cc(C(F)(F)F)c4c(N)ncnn34)ccc2OC(F)(F)F)C1)C(F)(F)F. The first-order valence-electron chi connectivity index (χ1n) is 12.3.